The second-order valence-corrected chi connectivity index (χ2v) is 4.34. The summed E-state index contributed by atoms with van der Waals surface area (Å²) < 4.78 is 0. The summed E-state index contributed by atoms with van der Waals surface area (Å²) in [7, 11) is 0. The molecule has 0 aliphatic heterocycles. The van der Waals surface area contributed by atoms with E-state index in [1.54, 1.807) is 12.1 Å². The van der Waals surface area contributed by atoms with Gasteiger partial charge >= 0.3 is 0 Å². The number of phenolic OH excluding ortho intramolecular Hbond substituents is 1. The lowest BCUT2D eigenvalue weighted by Crippen LogP contribution is -2.20. The van der Waals surface area contributed by atoms with Crippen molar-refractivity contribution in [3.63, 3.8) is 0 Å². The molecule has 3 N–H and O–H groups in total. The quantitative estimate of drug-likeness (QED) is 0.714. The summed E-state index contributed by atoms with van der Waals surface area (Å²) in [5.74, 6) is -0.310. The number of hydrogen-bond acceptors (Lipinski definition) is 2. The normalized spacial score (nSPS) is 11.4. The molecule has 3 heteroatoms. The number of carbonyl (C=O) groups is 1. The molecule has 0 unspecified atom stereocenters. The summed E-state index contributed by atoms with van der Waals surface area (Å²) >= 11 is 0. The maximum atomic E-state index is 11.1. The highest BCUT2D eigenvalue weighted by Gasteiger charge is 2.20. The molecule has 0 aliphatic rings. The number of amides is 1. The van der Waals surface area contributed by atoms with Gasteiger partial charge in [-0.3, -0.25) is 4.79 Å². The van der Waals surface area contributed by atoms with E-state index >= 15 is 0 Å². The molecule has 1 aromatic rings. The zero-order valence-electron chi connectivity index (χ0n) is 8.66. The molecular weight excluding hydrogens is 178 g/mol. The number of rotatable bonds is 1. The first-order valence-electron chi connectivity index (χ1n) is 4.45. The van der Waals surface area contributed by atoms with Gasteiger partial charge in [-0.1, -0.05) is 20.8 Å². The van der Waals surface area contributed by atoms with E-state index in [9.17, 15) is 9.90 Å². The molecular formula is C11H15NO2. The third-order valence-corrected chi connectivity index (χ3v) is 2.08. The second kappa shape index (κ2) is 3.33. The highest BCUT2D eigenvalue weighted by Crippen LogP contribution is 2.28. The molecule has 0 atom stereocenters. The van der Waals surface area contributed by atoms with Crippen LogP contribution < -0.4 is 5.73 Å². The second-order valence-electron chi connectivity index (χ2n) is 4.34. The Labute approximate surface area is 83.6 Å². The highest BCUT2D eigenvalue weighted by molar-refractivity contribution is 5.94. The molecule has 0 radical (unpaired) electrons. The Morgan fingerprint density at radius 2 is 1.93 bits per heavy atom. The van der Waals surface area contributed by atoms with Gasteiger partial charge in [-0.2, -0.15) is 0 Å². The van der Waals surface area contributed by atoms with E-state index in [0.29, 0.717) is 5.56 Å². The summed E-state index contributed by atoms with van der Waals surface area (Å²) in [5, 5.41) is 9.33. The van der Waals surface area contributed by atoms with Crippen LogP contribution in [-0.4, -0.2) is 11.0 Å². The minimum atomic E-state index is -0.463. The van der Waals surface area contributed by atoms with Crippen molar-refractivity contribution in [2.45, 2.75) is 26.2 Å². The molecule has 14 heavy (non-hydrogen) atoms. The third-order valence-electron chi connectivity index (χ3n) is 2.08. The predicted molar refractivity (Wildman–Crippen MR) is 55.3 cm³/mol. The van der Waals surface area contributed by atoms with E-state index in [1.807, 2.05) is 20.8 Å². The Balaban J connectivity index is 3.38. The van der Waals surface area contributed by atoms with Crippen LogP contribution in [0.5, 0.6) is 5.75 Å². The fraction of sp³-hybridized carbons (Fsp3) is 0.364. The summed E-state index contributed by atoms with van der Waals surface area (Å²) in [6, 6.07) is 4.60. The fourth-order valence-electron chi connectivity index (χ4n) is 1.37. The number of nitrogens with two attached hydrogens (primary N) is 1. The molecule has 76 valence electrons. The zero-order chi connectivity index (χ0) is 10.9. The van der Waals surface area contributed by atoms with Gasteiger partial charge in [-0.25, -0.2) is 0 Å². The monoisotopic (exact) mass is 193 g/mol. The maximum Gasteiger partial charge on any atom is 0.249 e. The first kappa shape index (κ1) is 10.6. The van der Waals surface area contributed by atoms with Gasteiger partial charge in [-0.05, 0) is 29.2 Å². The topological polar surface area (TPSA) is 63.3 Å². The molecule has 0 aliphatic carbocycles. The van der Waals surface area contributed by atoms with Crippen LogP contribution in [0, 0.1) is 0 Å². The van der Waals surface area contributed by atoms with Crippen LogP contribution in [0.15, 0.2) is 18.2 Å². The average Bonchev–Trinajstić information content (AvgIpc) is 2.01. The van der Waals surface area contributed by atoms with Gasteiger partial charge in [0.15, 0.2) is 0 Å². The van der Waals surface area contributed by atoms with Crippen LogP contribution in [0.1, 0.15) is 36.7 Å². The highest BCUT2D eigenvalue weighted by atomic mass is 16.3. The Hall–Kier alpha value is -1.51. The van der Waals surface area contributed by atoms with Crippen LogP contribution >= 0.6 is 0 Å². The predicted octanol–water partition coefficient (Wildman–Crippen LogP) is 1.79. The molecule has 0 saturated heterocycles. The van der Waals surface area contributed by atoms with Crippen LogP contribution in [-0.2, 0) is 5.41 Å². The van der Waals surface area contributed by atoms with Gasteiger partial charge in [0.05, 0.1) is 0 Å². The van der Waals surface area contributed by atoms with E-state index in [2.05, 4.69) is 0 Å². The molecule has 1 amide bonds. The molecule has 3 nitrogen and oxygen atoms in total. The Kier molecular flexibility index (Phi) is 2.51. The van der Waals surface area contributed by atoms with Gasteiger partial charge in [0.25, 0.3) is 0 Å². The molecule has 1 rings (SSSR count). The van der Waals surface area contributed by atoms with Crippen molar-refractivity contribution in [3.8, 4) is 5.75 Å². The average molecular weight is 193 g/mol. The first-order chi connectivity index (χ1) is 6.32. The van der Waals surface area contributed by atoms with E-state index in [1.165, 1.54) is 6.07 Å². The molecule has 0 spiro atoms. The van der Waals surface area contributed by atoms with Crippen molar-refractivity contribution < 1.29 is 9.90 Å². The summed E-state index contributed by atoms with van der Waals surface area (Å²) in [6.45, 7) is 5.90. The van der Waals surface area contributed by atoms with Gasteiger partial charge in [0.1, 0.15) is 5.75 Å². The minimum Gasteiger partial charge on any atom is -0.508 e. The molecule has 0 heterocycles. The lowest BCUT2D eigenvalue weighted by atomic mass is 9.83. The zero-order valence-corrected chi connectivity index (χ0v) is 8.66. The van der Waals surface area contributed by atoms with Crippen molar-refractivity contribution in [3.05, 3.63) is 29.3 Å². The van der Waals surface area contributed by atoms with Crippen molar-refractivity contribution in [1.82, 2.24) is 0 Å². The standard InChI is InChI=1S/C11H15NO2/c1-11(2,3)9-6-7(13)4-5-8(9)10(12)14/h4-6,13H,1-3H3,(H2,12,14). The number of phenols is 1. The summed E-state index contributed by atoms with van der Waals surface area (Å²) in [6.07, 6.45) is 0. The molecule has 0 aromatic heterocycles. The first-order valence-corrected chi connectivity index (χ1v) is 4.45. The number of primary amides is 1. The van der Waals surface area contributed by atoms with Gasteiger partial charge in [-0.15, -0.1) is 0 Å². The van der Waals surface area contributed by atoms with Gasteiger partial charge in [0, 0.05) is 5.56 Å². The van der Waals surface area contributed by atoms with Crippen molar-refractivity contribution in [2.24, 2.45) is 5.73 Å². The smallest absolute Gasteiger partial charge is 0.249 e. The van der Waals surface area contributed by atoms with Gasteiger partial charge < -0.3 is 10.8 Å². The maximum absolute atomic E-state index is 11.1. The molecule has 0 saturated carbocycles. The van der Waals surface area contributed by atoms with E-state index in [-0.39, 0.29) is 11.2 Å². The summed E-state index contributed by atoms with van der Waals surface area (Å²) in [5.41, 5.74) is 6.27. The van der Waals surface area contributed by atoms with Crippen molar-refractivity contribution in [1.29, 1.82) is 0 Å². The lowest BCUT2D eigenvalue weighted by Gasteiger charge is -2.21. The lowest BCUT2D eigenvalue weighted by molar-refractivity contribution is 0.0998. The van der Waals surface area contributed by atoms with E-state index in [4.69, 9.17) is 5.73 Å². The fourth-order valence-corrected chi connectivity index (χ4v) is 1.37. The molecule has 0 fully saturated rings. The third kappa shape index (κ3) is 2.05. The SMILES string of the molecule is CC(C)(C)c1cc(O)ccc1C(N)=O. The minimum absolute atomic E-state index is 0.153. The van der Waals surface area contributed by atoms with Crippen molar-refractivity contribution in [2.75, 3.05) is 0 Å². The van der Waals surface area contributed by atoms with Crippen LogP contribution in [0.3, 0.4) is 0 Å². The Bertz CT molecular complexity index is 364. The van der Waals surface area contributed by atoms with E-state index in [0.717, 1.165) is 5.56 Å². The molecule has 1 aromatic carbocycles. The Morgan fingerprint density at radius 1 is 1.36 bits per heavy atom. The summed E-state index contributed by atoms with van der Waals surface area (Å²) in [4.78, 5) is 11.1. The number of hydrogen-bond donors (Lipinski definition) is 2. The largest absolute Gasteiger partial charge is 0.508 e. The van der Waals surface area contributed by atoms with Crippen LogP contribution in [0.4, 0.5) is 0 Å². The van der Waals surface area contributed by atoms with Gasteiger partial charge in [0.2, 0.25) is 5.91 Å². The number of benzene rings is 1. The van der Waals surface area contributed by atoms with E-state index < -0.39 is 5.91 Å². The number of carbonyl (C=O) groups excluding carboxylic acids is 1. The van der Waals surface area contributed by atoms with Crippen molar-refractivity contribution >= 4 is 5.91 Å². The Morgan fingerprint density at radius 3 is 2.36 bits per heavy atom. The number of aromatic hydroxyl groups is 1. The van der Waals surface area contributed by atoms with Crippen LogP contribution in [0.25, 0.3) is 0 Å². The molecule has 0 bridgehead atoms. The van der Waals surface area contributed by atoms with Crippen LogP contribution in [0.2, 0.25) is 0 Å².